The van der Waals surface area contributed by atoms with Gasteiger partial charge in [0.25, 0.3) is 5.56 Å². The molecule has 1 aromatic carbocycles. The summed E-state index contributed by atoms with van der Waals surface area (Å²) >= 11 is 0. The van der Waals surface area contributed by atoms with E-state index >= 15 is 0 Å². The second-order valence-corrected chi connectivity index (χ2v) is 10.6. The number of aryl methyl sites for hydroxylation is 1. The fraction of sp³-hybridized carbons (Fsp3) is 0.429. The molecule has 0 fully saturated rings. The van der Waals surface area contributed by atoms with Gasteiger partial charge in [0.1, 0.15) is 12.4 Å². The summed E-state index contributed by atoms with van der Waals surface area (Å²) < 4.78 is 21.6. The number of ether oxygens (including phenoxy) is 1. The van der Waals surface area contributed by atoms with E-state index in [1.807, 2.05) is 0 Å². The summed E-state index contributed by atoms with van der Waals surface area (Å²) in [6.07, 6.45) is -0.156. The zero-order valence-electron chi connectivity index (χ0n) is 22.0. The molecule has 11 nitrogen and oxygen atoms in total. The van der Waals surface area contributed by atoms with Crippen LogP contribution in [0.15, 0.2) is 16.9 Å². The van der Waals surface area contributed by atoms with Crippen LogP contribution >= 0.6 is 0 Å². The lowest BCUT2D eigenvalue weighted by atomic mass is 9.81. The summed E-state index contributed by atoms with van der Waals surface area (Å²) in [6.45, 7) is 2.56. The van der Waals surface area contributed by atoms with Gasteiger partial charge in [0.15, 0.2) is 5.60 Å². The van der Waals surface area contributed by atoms with Gasteiger partial charge in [-0.15, -0.1) is 0 Å². The van der Waals surface area contributed by atoms with E-state index < -0.39 is 47.7 Å². The van der Waals surface area contributed by atoms with E-state index in [1.165, 1.54) is 10.6 Å². The number of pyridine rings is 2. The molecule has 0 bridgehead atoms. The number of nitrogens with one attached hydrogen (secondary N) is 2. The molecule has 0 radical (unpaired) electrons. The Bertz CT molecular complexity index is 1670. The first-order chi connectivity index (χ1) is 19.1. The minimum atomic E-state index is -1.98. The van der Waals surface area contributed by atoms with Crippen LogP contribution in [-0.4, -0.2) is 56.1 Å². The average molecular weight is 553 g/mol. The Balaban J connectivity index is 1.54. The Morgan fingerprint density at radius 3 is 2.80 bits per heavy atom. The highest BCUT2D eigenvalue weighted by molar-refractivity contribution is 5.93. The summed E-state index contributed by atoms with van der Waals surface area (Å²) in [5, 5.41) is 36.0. The molecule has 0 spiro atoms. The fourth-order valence-electron chi connectivity index (χ4n) is 6.18. The van der Waals surface area contributed by atoms with Crippen LogP contribution in [0.3, 0.4) is 0 Å². The molecule has 1 unspecified atom stereocenters. The van der Waals surface area contributed by atoms with Gasteiger partial charge >= 0.3 is 12.0 Å². The van der Waals surface area contributed by atoms with Crippen molar-refractivity contribution in [3.05, 3.63) is 61.7 Å². The number of nitrogens with zero attached hydrogens (tertiary/aromatic N) is 2. The van der Waals surface area contributed by atoms with Gasteiger partial charge in [0, 0.05) is 29.1 Å². The van der Waals surface area contributed by atoms with E-state index in [4.69, 9.17) is 14.8 Å². The largest absolute Gasteiger partial charge is 0.458 e. The number of hydrogen-bond donors (Lipinski definition) is 5. The van der Waals surface area contributed by atoms with Crippen LogP contribution in [-0.2, 0) is 34.7 Å². The first-order valence-electron chi connectivity index (χ1n) is 13.2. The molecule has 3 aromatic rings. The number of fused-ring (bicyclic) bond motifs is 5. The van der Waals surface area contributed by atoms with Crippen molar-refractivity contribution in [2.24, 2.45) is 0 Å². The molecule has 3 aliphatic rings. The third-order valence-corrected chi connectivity index (χ3v) is 8.39. The molecule has 12 heteroatoms. The maximum absolute atomic E-state index is 15.0. The maximum atomic E-state index is 15.0. The van der Waals surface area contributed by atoms with Gasteiger partial charge < -0.3 is 35.3 Å². The van der Waals surface area contributed by atoms with Crippen LogP contribution < -0.4 is 16.2 Å². The van der Waals surface area contributed by atoms with Crippen molar-refractivity contribution in [1.82, 2.24) is 20.2 Å². The SMILES string of the molecule is CC[C@@]1(O)C(=O)OCc2c1cc1n(c2=O)Cc2c-1nc1cc(F)c(C)c3c1c2[C@@H](NC(=O)NCC(O)CO)CC3. The molecular weight excluding hydrogens is 523 g/mol. The van der Waals surface area contributed by atoms with Crippen LogP contribution in [0.1, 0.15) is 59.2 Å². The quantitative estimate of drug-likeness (QED) is 0.230. The number of carbonyl (C=O) groups is 2. The number of benzene rings is 1. The van der Waals surface area contributed by atoms with E-state index in [-0.39, 0.29) is 37.2 Å². The van der Waals surface area contributed by atoms with Gasteiger partial charge in [-0.05, 0) is 48.9 Å². The van der Waals surface area contributed by atoms with Gasteiger partial charge in [-0.2, -0.15) is 0 Å². The van der Waals surface area contributed by atoms with Crippen molar-refractivity contribution in [2.45, 2.75) is 64.0 Å². The molecule has 0 saturated heterocycles. The molecule has 0 saturated carbocycles. The summed E-state index contributed by atoms with van der Waals surface area (Å²) in [6, 6.07) is 1.87. The van der Waals surface area contributed by atoms with Crippen molar-refractivity contribution in [1.29, 1.82) is 0 Å². The predicted octanol–water partition coefficient (Wildman–Crippen LogP) is 1.17. The third-order valence-electron chi connectivity index (χ3n) is 8.39. The number of amides is 2. The lowest BCUT2D eigenvalue weighted by Crippen LogP contribution is -2.44. The average Bonchev–Trinajstić information content (AvgIpc) is 3.31. The van der Waals surface area contributed by atoms with Gasteiger partial charge in [-0.25, -0.2) is 19.0 Å². The van der Waals surface area contributed by atoms with Crippen molar-refractivity contribution in [3.8, 4) is 11.4 Å². The zero-order chi connectivity index (χ0) is 28.5. The minimum Gasteiger partial charge on any atom is -0.458 e. The highest BCUT2D eigenvalue weighted by Crippen LogP contribution is 2.45. The van der Waals surface area contributed by atoms with E-state index in [9.17, 15) is 29.0 Å². The lowest BCUT2D eigenvalue weighted by molar-refractivity contribution is -0.172. The van der Waals surface area contributed by atoms with Crippen LogP contribution in [0.4, 0.5) is 9.18 Å². The van der Waals surface area contributed by atoms with E-state index in [1.54, 1.807) is 19.9 Å². The number of aromatic nitrogens is 2. The van der Waals surface area contributed by atoms with Crippen LogP contribution in [0.2, 0.25) is 0 Å². The molecule has 2 amide bonds. The maximum Gasteiger partial charge on any atom is 0.343 e. The number of urea groups is 1. The van der Waals surface area contributed by atoms with Gasteiger partial charge in [0.2, 0.25) is 0 Å². The summed E-state index contributed by atoms with van der Waals surface area (Å²) in [4.78, 5) is 43.7. The summed E-state index contributed by atoms with van der Waals surface area (Å²) in [5.74, 6) is -1.23. The Hall–Kier alpha value is -3.87. The normalized spacial score (nSPS) is 21.4. The Labute approximate surface area is 227 Å². The molecule has 3 atom stereocenters. The number of cyclic esters (lactones) is 1. The second-order valence-electron chi connectivity index (χ2n) is 10.6. The van der Waals surface area contributed by atoms with Gasteiger partial charge in [0.05, 0.1) is 47.8 Å². The molecule has 2 aliphatic heterocycles. The van der Waals surface area contributed by atoms with E-state index in [0.717, 1.165) is 16.5 Å². The Kier molecular flexibility index (Phi) is 6.17. The van der Waals surface area contributed by atoms with E-state index in [0.29, 0.717) is 40.9 Å². The molecular formula is C28H29FN4O7. The number of halogens is 1. The molecule has 5 N–H and O–H groups in total. The van der Waals surface area contributed by atoms with Crippen molar-refractivity contribution >= 4 is 22.9 Å². The van der Waals surface area contributed by atoms with Crippen molar-refractivity contribution in [2.75, 3.05) is 13.2 Å². The van der Waals surface area contributed by atoms with Crippen LogP contribution in [0, 0.1) is 12.7 Å². The number of rotatable bonds is 5. The third kappa shape index (κ3) is 3.74. The van der Waals surface area contributed by atoms with Gasteiger partial charge in [-0.3, -0.25) is 4.79 Å². The van der Waals surface area contributed by atoms with Gasteiger partial charge in [-0.1, -0.05) is 6.92 Å². The standard InChI is InChI=1S/C28H29FN4O7/c1-3-28(39)17-6-21-24-15(9-33(21)25(36)16(17)11-40-26(28)37)23-19(32-27(38)30-8-13(35)10-34)5-4-14-12(2)18(29)7-20(31-24)22(14)23/h6-7,13,19,34-35,39H,3-5,8-11H2,1-2H3,(H2,30,32,38)/t13?,19-,28-/m0/s1. The fourth-order valence-corrected chi connectivity index (χ4v) is 6.18. The first-order valence-corrected chi connectivity index (χ1v) is 13.2. The second kappa shape index (κ2) is 9.36. The number of aliphatic hydroxyl groups is 3. The molecule has 210 valence electrons. The predicted molar refractivity (Wildman–Crippen MR) is 140 cm³/mol. The molecule has 4 heterocycles. The molecule has 1 aliphatic carbocycles. The van der Waals surface area contributed by atoms with Crippen LogP contribution in [0.25, 0.3) is 22.3 Å². The Morgan fingerprint density at radius 2 is 2.08 bits per heavy atom. The zero-order valence-corrected chi connectivity index (χ0v) is 22.0. The van der Waals surface area contributed by atoms with Crippen molar-refractivity contribution < 1.29 is 34.0 Å². The number of esters is 1. The Morgan fingerprint density at radius 1 is 1.30 bits per heavy atom. The lowest BCUT2D eigenvalue weighted by Gasteiger charge is -2.31. The summed E-state index contributed by atoms with van der Waals surface area (Å²) in [5.41, 5.74) is 1.85. The highest BCUT2D eigenvalue weighted by Gasteiger charge is 2.46. The summed E-state index contributed by atoms with van der Waals surface area (Å²) in [7, 11) is 0. The smallest absolute Gasteiger partial charge is 0.343 e. The topological polar surface area (TPSA) is 163 Å². The monoisotopic (exact) mass is 552 g/mol. The van der Waals surface area contributed by atoms with Crippen molar-refractivity contribution in [3.63, 3.8) is 0 Å². The number of carbonyl (C=O) groups excluding carboxylic acids is 2. The first kappa shape index (κ1) is 26.4. The number of hydrogen-bond acceptors (Lipinski definition) is 8. The highest BCUT2D eigenvalue weighted by atomic mass is 19.1. The van der Waals surface area contributed by atoms with E-state index in [2.05, 4.69) is 10.6 Å². The van der Waals surface area contributed by atoms with Crippen LogP contribution in [0.5, 0.6) is 0 Å². The number of aliphatic hydroxyl groups excluding tert-OH is 2. The molecule has 2 aromatic heterocycles. The minimum absolute atomic E-state index is 0.00488. The molecule has 40 heavy (non-hydrogen) atoms. The molecule has 6 rings (SSSR count).